The molecule has 1 N–H and O–H groups in total. The van der Waals surface area contributed by atoms with Crippen molar-refractivity contribution in [2.45, 2.75) is 0 Å². The third kappa shape index (κ3) is 2.14. The van der Waals surface area contributed by atoms with Crippen LogP contribution in [-0.4, -0.2) is 17.1 Å². The molecule has 4 nitrogen and oxygen atoms in total. The van der Waals surface area contributed by atoms with Crippen LogP contribution in [0.2, 0.25) is 5.02 Å². The van der Waals surface area contributed by atoms with Crippen LogP contribution in [0.25, 0.3) is 22.0 Å². The Labute approximate surface area is 120 Å². The number of halogens is 1. The molecule has 0 spiro atoms. The third-order valence-electron chi connectivity index (χ3n) is 3.13. The Morgan fingerprint density at radius 2 is 1.90 bits per heavy atom. The number of nitrogens with zero attached hydrogens (tertiary/aromatic N) is 1. The number of fused-ring (bicyclic) bond motifs is 1. The van der Waals surface area contributed by atoms with Gasteiger partial charge in [0.1, 0.15) is 5.75 Å². The van der Waals surface area contributed by atoms with Crippen molar-refractivity contribution in [1.29, 1.82) is 0 Å². The highest BCUT2D eigenvalue weighted by atomic mass is 35.5. The highest BCUT2D eigenvalue weighted by molar-refractivity contribution is 6.32. The molecule has 3 rings (SSSR count). The van der Waals surface area contributed by atoms with Crippen LogP contribution >= 0.6 is 11.6 Å². The van der Waals surface area contributed by atoms with Crippen LogP contribution in [0.3, 0.4) is 0 Å². The standard InChI is InChI=1S/C15H11ClN2O2/c1-20-14-5-3-10(7-12(14)16)9-2-4-13-11(6-9)15(19)18-8-17-13/h2-8H,1H3,(H,17,18,19). The molecule has 0 aliphatic rings. The van der Waals surface area contributed by atoms with Gasteiger partial charge in [-0.2, -0.15) is 0 Å². The number of benzene rings is 2. The van der Waals surface area contributed by atoms with Gasteiger partial charge in [-0.15, -0.1) is 0 Å². The summed E-state index contributed by atoms with van der Waals surface area (Å²) in [4.78, 5) is 18.5. The minimum Gasteiger partial charge on any atom is -0.495 e. The Bertz CT molecular complexity index is 843. The van der Waals surface area contributed by atoms with Crippen molar-refractivity contribution in [2.24, 2.45) is 0 Å². The van der Waals surface area contributed by atoms with E-state index in [9.17, 15) is 4.79 Å². The maximum Gasteiger partial charge on any atom is 0.258 e. The first kappa shape index (κ1) is 12.7. The molecule has 0 saturated heterocycles. The molecule has 1 heterocycles. The smallest absolute Gasteiger partial charge is 0.258 e. The van der Waals surface area contributed by atoms with Crippen LogP contribution in [0.1, 0.15) is 0 Å². The number of aromatic nitrogens is 2. The van der Waals surface area contributed by atoms with Crippen molar-refractivity contribution in [3.05, 3.63) is 58.1 Å². The fourth-order valence-electron chi connectivity index (χ4n) is 2.09. The molecule has 0 bridgehead atoms. The van der Waals surface area contributed by atoms with Gasteiger partial charge < -0.3 is 9.72 Å². The zero-order valence-electron chi connectivity index (χ0n) is 10.7. The van der Waals surface area contributed by atoms with Crippen molar-refractivity contribution < 1.29 is 4.74 Å². The lowest BCUT2D eigenvalue weighted by atomic mass is 10.0. The zero-order chi connectivity index (χ0) is 14.1. The van der Waals surface area contributed by atoms with Gasteiger partial charge in [0.2, 0.25) is 0 Å². The number of ether oxygens (including phenoxy) is 1. The fourth-order valence-corrected chi connectivity index (χ4v) is 2.35. The van der Waals surface area contributed by atoms with Crippen LogP contribution < -0.4 is 10.3 Å². The number of methoxy groups -OCH3 is 1. The highest BCUT2D eigenvalue weighted by Gasteiger charge is 2.06. The van der Waals surface area contributed by atoms with Gasteiger partial charge in [-0.25, -0.2) is 4.98 Å². The molecular weight excluding hydrogens is 276 g/mol. The molecule has 0 saturated carbocycles. The highest BCUT2D eigenvalue weighted by Crippen LogP contribution is 2.30. The van der Waals surface area contributed by atoms with E-state index in [-0.39, 0.29) is 5.56 Å². The summed E-state index contributed by atoms with van der Waals surface area (Å²) in [6.45, 7) is 0. The summed E-state index contributed by atoms with van der Waals surface area (Å²) in [5.41, 5.74) is 2.33. The maximum absolute atomic E-state index is 11.8. The molecular formula is C15H11ClN2O2. The van der Waals surface area contributed by atoms with Gasteiger partial charge in [-0.1, -0.05) is 23.7 Å². The average Bonchev–Trinajstić information content (AvgIpc) is 2.47. The van der Waals surface area contributed by atoms with Crippen LogP contribution in [-0.2, 0) is 0 Å². The second kappa shape index (κ2) is 4.98. The van der Waals surface area contributed by atoms with E-state index in [1.165, 1.54) is 6.33 Å². The van der Waals surface area contributed by atoms with Gasteiger partial charge >= 0.3 is 0 Å². The molecule has 1 aromatic heterocycles. The lowest BCUT2D eigenvalue weighted by molar-refractivity contribution is 0.415. The Balaban J connectivity index is 2.17. The van der Waals surface area contributed by atoms with Crippen molar-refractivity contribution in [3.8, 4) is 16.9 Å². The Kier molecular flexibility index (Phi) is 3.16. The summed E-state index contributed by atoms with van der Waals surface area (Å²) in [5, 5.41) is 1.09. The molecule has 0 aliphatic carbocycles. The monoisotopic (exact) mass is 286 g/mol. The summed E-state index contributed by atoms with van der Waals surface area (Å²) in [6, 6.07) is 11.0. The number of hydrogen-bond acceptors (Lipinski definition) is 3. The van der Waals surface area contributed by atoms with Gasteiger partial charge in [0, 0.05) is 0 Å². The minimum atomic E-state index is -0.156. The van der Waals surface area contributed by atoms with Crippen molar-refractivity contribution in [2.75, 3.05) is 7.11 Å². The first-order valence-electron chi connectivity index (χ1n) is 6.00. The van der Waals surface area contributed by atoms with E-state index < -0.39 is 0 Å². The molecule has 0 fully saturated rings. The first-order chi connectivity index (χ1) is 9.69. The number of H-pyrrole nitrogens is 1. The van der Waals surface area contributed by atoms with Gasteiger partial charge in [0.15, 0.2) is 0 Å². The van der Waals surface area contributed by atoms with E-state index in [0.717, 1.165) is 11.1 Å². The van der Waals surface area contributed by atoms with E-state index in [2.05, 4.69) is 9.97 Å². The molecule has 100 valence electrons. The second-order valence-electron chi connectivity index (χ2n) is 4.31. The first-order valence-corrected chi connectivity index (χ1v) is 6.38. The van der Waals surface area contributed by atoms with E-state index in [4.69, 9.17) is 16.3 Å². The second-order valence-corrected chi connectivity index (χ2v) is 4.72. The molecule has 0 unspecified atom stereocenters. The lowest BCUT2D eigenvalue weighted by Crippen LogP contribution is -2.05. The van der Waals surface area contributed by atoms with Crippen LogP contribution in [0.5, 0.6) is 5.75 Å². The molecule has 20 heavy (non-hydrogen) atoms. The van der Waals surface area contributed by atoms with Crippen LogP contribution in [0, 0.1) is 0 Å². The fraction of sp³-hybridized carbons (Fsp3) is 0.0667. The average molecular weight is 287 g/mol. The number of rotatable bonds is 2. The molecule has 0 aliphatic heterocycles. The van der Waals surface area contributed by atoms with E-state index >= 15 is 0 Å². The molecule has 0 atom stereocenters. The summed E-state index contributed by atoms with van der Waals surface area (Å²) in [5.74, 6) is 0.621. The van der Waals surface area contributed by atoms with Crippen LogP contribution in [0.15, 0.2) is 47.5 Å². The summed E-state index contributed by atoms with van der Waals surface area (Å²) >= 11 is 6.12. The van der Waals surface area contributed by atoms with Crippen molar-refractivity contribution in [3.63, 3.8) is 0 Å². The Morgan fingerprint density at radius 1 is 1.15 bits per heavy atom. The van der Waals surface area contributed by atoms with Crippen molar-refractivity contribution in [1.82, 2.24) is 9.97 Å². The summed E-state index contributed by atoms with van der Waals surface area (Å²) in [6.07, 6.45) is 1.40. The van der Waals surface area contributed by atoms with E-state index in [1.54, 1.807) is 19.2 Å². The van der Waals surface area contributed by atoms with Gasteiger partial charge in [-0.3, -0.25) is 4.79 Å². The Hall–Kier alpha value is -2.33. The molecule has 5 heteroatoms. The third-order valence-corrected chi connectivity index (χ3v) is 3.42. The minimum absolute atomic E-state index is 0.156. The number of hydrogen-bond donors (Lipinski definition) is 1. The lowest BCUT2D eigenvalue weighted by Gasteiger charge is -2.07. The van der Waals surface area contributed by atoms with Gasteiger partial charge in [0.05, 0.1) is 29.4 Å². The predicted octanol–water partition coefficient (Wildman–Crippen LogP) is 3.25. The van der Waals surface area contributed by atoms with E-state index in [1.807, 2.05) is 24.3 Å². The van der Waals surface area contributed by atoms with Gasteiger partial charge in [-0.05, 0) is 35.4 Å². The molecule has 3 aromatic rings. The largest absolute Gasteiger partial charge is 0.495 e. The topological polar surface area (TPSA) is 55.0 Å². The predicted molar refractivity (Wildman–Crippen MR) is 79.4 cm³/mol. The summed E-state index contributed by atoms with van der Waals surface area (Å²) < 4.78 is 5.13. The molecule has 0 amide bonds. The number of nitrogens with one attached hydrogen (secondary N) is 1. The molecule has 0 radical (unpaired) electrons. The molecule has 2 aromatic carbocycles. The van der Waals surface area contributed by atoms with Crippen molar-refractivity contribution >= 4 is 22.5 Å². The van der Waals surface area contributed by atoms with Gasteiger partial charge in [0.25, 0.3) is 5.56 Å². The SMILES string of the molecule is COc1ccc(-c2ccc3nc[nH]c(=O)c3c2)cc1Cl. The summed E-state index contributed by atoms with van der Waals surface area (Å²) in [7, 11) is 1.57. The normalized spacial score (nSPS) is 10.7. The number of aromatic amines is 1. The quantitative estimate of drug-likeness (QED) is 0.787. The maximum atomic E-state index is 11.8. The zero-order valence-corrected chi connectivity index (χ0v) is 11.4. The Morgan fingerprint density at radius 3 is 2.65 bits per heavy atom. The van der Waals surface area contributed by atoms with E-state index in [0.29, 0.717) is 21.7 Å². The van der Waals surface area contributed by atoms with Crippen LogP contribution in [0.4, 0.5) is 0 Å².